The van der Waals surface area contributed by atoms with Crippen molar-refractivity contribution in [1.82, 2.24) is 5.01 Å². The Morgan fingerprint density at radius 1 is 0.971 bits per heavy atom. The molecule has 0 aromatic heterocycles. The molecule has 0 fully saturated rings. The molecule has 1 aliphatic rings. The van der Waals surface area contributed by atoms with Gasteiger partial charge in [0.15, 0.2) is 12.9 Å². The lowest BCUT2D eigenvalue weighted by Gasteiger charge is -2.22. The Kier molecular flexibility index (Phi) is 6.26. The lowest BCUT2D eigenvalue weighted by Crippen LogP contribution is -2.31. The fourth-order valence-corrected chi connectivity index (χ4v) is 4.38. The first kappa shape index (κ1) is 22.3. The predicted molar refractivity (Wildman–Crippen MR) is 135 cm³/mol. The number of nitrogens with zero attached hydrogens (tertiary/aromatic N) is 2. The Balaban J connectivity index is 1.47. The van der Waals surface area contributed by atoms with Gasteiger partial charge in [0.1, 0.15) is 11.5 Å². The van der Waals surface area contributed by atoms with Crippen LogP contribution >= 0.6 is 0 Å². The zero-order valence-corrected chi connectivity index (χ0v) is 19.3. The van der Waals surface area contributed by atoms with E-state index in [0.717, 1.165) is 33.4 Å². The number of ether oxygens (including phenoxy) is 2. The number of carbonyl (C=O) groups is 2. The van der Waals surface area contributed by atoms with Crippen LogP contribution in [0.25, 0.3) is 10.8 Å². The SMILES string of the molecule is COc1ccc(C2CC(c3cccc4ccccc34)=NN2C(=O)COc2ccccc2C=O)cc1. The molecule has 1 heterocycles. The van der Waals surface area contributed by atoms with Crippen LogP contribution in [-0.4, -0.2) is 36.6 Å². The van der Waals surface area contributed by atoms with Gasteiger partial charge in [0, 0.05) is 12.0 Å². The number of fused-ring (bicyclic) bond motifs is 1. The van der Waals surface area contributed by atoms with E-state index in [4.69, 9.17) is 14.6 Å². The zero-order valence-electron chi connectivity index (χ0n) is 19.3. The highest BCUT2D eigenvalue weighted by atomic mass is 16.5. The maximum atomic E-state index is 13.3. The van der Waals surface area contributed by atoms with Crippen LogP contribution in [0, 0.1) is 0 Å². The molecule has 174 valence electrons. The standard InChI is InChI=1S/C29H24N2O4/c1-34-23-15-13-21(14-16-23)27-17-26(25-11-6-9-20-7-2-4-10-24(20)25)30-31(27)29(33)19-35-28-12-5-3-8-22(28)18-32/h2-16,18,27H,17,19H2,1H3. The first-order chi connectivity index (χ1) is 17.2. The van der Waals surface area contributed by atoms with E-state index in [0.29, 0.717) is 24.0 Å². The summed E-state index contributed by atoms with van der Waals surface area (Å²) in [5, 5.41) is 8.49. The number of hydrogen-bond acceptors (Lipinski definition) is 5. The molecule has 1 amide bonds. The first-order valence-electron chi connectivity index (χ1n) is 11.4. The van der Waals surface area contributed by atoms with E-state index in [1.165, 1.54) is 5.01 Å². The van der Waals surface area contributed by atoms with Crippen LogP contribution in [0.2, 0.25) is 0 Å². The van der Waals surface area contributed by atoms with Gasteiger partial charge in [-0.15, -0.1) is 0 Å². The van der Waals surface area contributed by atoms with Crippen molar-refractivity contribution in [2.45, 2.75) is 12.5 Å². The van der Waals surface area contributed by atoms with Crippen LogP contribution < -0.4 is 9.47 Å². The average molecular weight is 465 g/mol. The number of hydrazone groups is 1. The summed E-state index contributed by atoms with van der Waals surface area (Å²) in [4.78, 5) is 24.7. The first-order valence-corrected chi connectivity index (χ1v) is 11.4. The fourth-order valence-electron chi connectivity index (χ4n) is 4.38. The van der Waals surface area contributed by atoms with Gasteiger partial charge in [-0.05, 0) is 40.6 Å². The van der Waals surface area contributed by atoms with Crippen LogP contribution in [0.4, 0.5) is 0 Å². The highest BCUT2D eigenvalue weighted by Gasteiger charge is 2.34. The van der Waals surface area contributed by atoms with E-state index in [1.807, 2.05) is 48.5 Å². The van der Waals surface area contributed by atoms with Gasteiger partial charge in [0.25, 0.3) is 5.91 Å². The quantitative estimate of drug-likeness (QED) is 0.343. The second-order valence-electron chi connectivity index (χ2n) is 8.25. The molecule has 0 aliphatic carbocycles. The molecular weight excluding hydrogens is 440 g/mol. The van der Waals surface area contributed by atoms with Crippen molar-refractivity contribution in [2.75, 3.05) is 13.7 Å². The molecule has 0 spiro atoms. The van der Waals surface area contributed by atoms with Gasteiger partial charge in [-0.3, -0.25) is 9.59 Å². The van der Waals surface area contributed by atoms with Gasteiger partial charge in [0.05, 0.1) is 24.4 Å². The Bertz CT molecular complexity index is 1410. The number of hydrogen-bond donors (Lipinski definition) is 0. The Morgan fingerprint density at radius 3 is 2.51 bits per heavy atom. The maximum Gasteiger partial charge on any atom is 0.281 e. The molecule has 4 aromatic rings. The van der Waals surface area contributed by atoms with Crippen molar-refractivity contribution < 1.29 is 19.1 Å². The summed E-state index contributed by atoms with van der Waals surface area (Å²) in [6, 6.07) is 28.5. The normalized spacial score (nSPS) is 15.1. The van der Waals surface area contributed by atoms with Gasteiger partial charge in [-0.1, -0.05) is 66.7 Å². The molecule has 0 saturated heterocycles. The Hall–Kier alpha value is -4.45. The van der Waals surface area contributed by atoms with Gasteiger partial charge in [-0.25, -0.2) is 5.01 Å². The van der Waals surface area contributed by atoms with Crippen LogP contribution in [0.3, 0.4) is 0 Å². The second-order valence-corrected chi connectivity index (χ2v) is 8.25. The molecule has 4 aromatic carbocycles. The summed E-state index contributed by atoms with van der Waals surface area (Å²) < 4.78 is 11.0. The van der Waals surface area contributed by atoms with Crippen LogP contribution in [0.1, 0.15) is 33.9 Å². The number of aldehydes is 1. The molecule has 1 atom stereocenters. The number of amides is 1. The molecule has 0 saturated carbocycles. The molecule has 0 bridgehead atoms. The van der Waals surface area contributed by atoms with E-state index < -0.39 is 0 Å². The third kappa shape index (κ3) is 4.51. The molecule has 1 unspecified atom stereocenters. The number of rotatable bonds is 7. The minimum absolute atomic E-state index is 0.232. The highest BCUT2D eigenvalue weighted by molar-refractivity contribution is 6.12. The number of para-hydroxylation sites is 1. The van der Waals surface area contributed by atoms with Crippen LogP contribution in [-0.2, 0) is 4.79 Å². The van der Waals surface area contributed by atoms with E-state index >= 15 is 0 Å². The number of carbonyl (C=O) groups excluding carboxylic acids is 2. The van der Waals surface area contributed by atoms with Gasteiger partial charge >= 0.3 is 0 Å². The van der Waals surface area contributed by atoms with Crippen LogP contribution in [0.15, 0.2) is 96.1 Å². The highest BCUT2D eigenvalue weighted by Crippen LogP contribution is 2.35. The molecule has 5 rings (SSSR count). The summed E-state index contributed by atoms with van der Waals surface area (Å²) in [7, 11) is 1.62. The summed E-state index contributed by atoms with van der Waals surface area (Å²) >= 11 is 0. The molecule has 0 radical (unpaired) electrons. The fraction of sp³-hybridized carbons (Fsp3) is 0.138. The monoisotopic (exact) mass is 464 g/mol. The summed E-state index contributed by atoms with van der Waals surface area (Å²) in [5.41, 5.74) is 3.19. The van der Waals surface area contributed by atoms with Crippen molar-refractivity contribution in [3.8, 4) is 11.5 Å². The molecule has 6 heteroatoms. The van der Waals surface area contributed by atoms with Crippen molar-refractivity contribution in [1.29, 1.82) is 0 Å². The van der Waals surface area contributed by atoms with Crippen molar-refractivity contribution in [3.05, 3.63) is 108 Å². The van der Waals surface area contributed by atoms with Crippen LogP contribution in [0.5, 0.6) is 11.5 Å². The molecular formula is C29H24N2O4. The van der Waals surface area contributed by atoms with Crippen molar-refractivity contribution >= 4 is 28.7 Å². The van der Waals surface area contributed by atoms with Gasteiger partial charge in [-0.2, -0.15) is 5.10 Å². The summed E-state index contributed by atoms with van der Waals surface area (Å²) in [6.07, 6.45) is 1.28. The lowest BCUT2D eigenvalue weighted by molar-refractivity contribution is -0.135. The van der Waals surface area contributed by atoms with Crippen molar-refractivity contribution in [3.63, 3.8) is 0 Å². The molecule has 6 nitrogen and oxygen atoms in total. The van der Waals surface area contributed by atoms with E-state index in [1.54, 1.807) is 31.4 Å². The molecule has 35 heavy (non-hydrogen) atoms. The van der Waals surface area contributed by atoms with E-state index in [-0.39, 0.29) is 18.6 Å². The average Bonchev–Trinajstić information content (AvgIpc) is 3.37. The second kappa shape index (κ2) is 9.81. The van der Waals surface area contributed by atoms with Gasteiger partial charge in [0.2, 0.25) is 0 Å². The molecule has 1 aliphatic heterocycles. The topological polar surface area (TPSA) is 68.2 Å². The number of methoxy groups -OCH3 is 1. The zero-order chi connectivity index (χ0) is 24.2. The van der Waals surface area contributed by atoms with Gasteiger partial charge < -0.3 is 9.47 Å². The largest absolute Gasteiger partial charge is 0.497 e. The summed E-state index contributed by atoms with van der Waals surface area (Å²) in [6.45, 7) is -0.232. The summed E-state index contributed by atoms with van der Waals surface area (Å²) in [5.74, 6) is 0.824. The predicted octanol–water partition coefficient (Wildman–Crippen LogP) is 5.42. The third-order valence-corrected chi connectivity index (χ3v) is 6.16. The Morgan fingerprint density at radius 2 is 1.71 bits per heavy atom. The Labute approximate surface area is 203 Å². The lowest BCUT2D eigenvalue weighted by atomic mass is 9.95. The van der Waals surface area contributed by atoms with E-state index in [9.17, 15) is 9.59 Å². The number of benzene rings is 4. The van der Waals surface area contributed by atoms with Crippen molar-refractivity contribution in [2.24, 2.45) is 5.10 Å². The minimum Gasteiger partial charge on any atom is -0.497 e. The smallest absolute Gasteiger partial charge is 0.281 e. The van der Waals surface area contributed by atoms with E-state index in [2.05, 4.69) is 18.2 Å². The molecule has 0 N–H and O–H groups in total. The third-order valence-electron chi connectivity index (χ3n) is 6.16. The minimum atomic E-state index is -0.290. The maximum absolute atomic E-state index is 13.3.